The van der Waals surface area contributed by atoms with Gasteiger partial charge in [-0.2, -0.15) is 0 Å². The van der Waals surface area contributed by atoms with E-state index in [0.29, 0.717) is 12.0 Å². The highest BCUT2D eigenvalue weighted by Gasteiger charge is 2.15. The van der Waals surface area contributed by atoms with Crippen LogP contribution >= 0.6 is 0 Å². The Balaban J connectivity index is 1.96. The summed E-state index contributed by atoms with van der Waals surface area (Å²) in [5, 5.41) is 9.04. The molecular formula is C23H24N2O3. The van der Waals surface area contributed by atoms with Crippen LogP contribution in [0.2, 0.25) is 0 Å². The molecule has 0 aliphatic carbocycles. The normalized spacial score (nSPS) is 10.6. The van der Waals surface area contributed by atoms with Crippen LogP contribution in [0.3, 0.4) is 0 Å². The molecule has 0 saturated heterocycles. The molecular weight excluding hydrogens is 352 g/mol. The van der Waals surface area contributed by atoms with Crippen molar-refractivity contribution in [3.05, 3.63) is 83.0 Å². The third kappa shape index (κ3) is 4.49. The molecule has 5 nitrogen and oxygen atoms in total. The van der Waals surface area contributed by atoms with E-state index in [2.05, 4.69) is 24.5 Å². The largest absolute Gasteiger partial charge is 0.481 e. The highest BCUT2D eigenvalue weighted by molar-refractivity contribution is 6.00. The van der Waals surface area contributed by atoms with E-state index in [-0.39, 0.29) is 12.3 Å². The van der Waals surface area contributed by atoms with E-state index in [1.165, 1.54) is 5.56 Å². The van der Waals surface area contributed by atoms with Crippen molar-refractivity contribution in [2.24, 2.45) is 0 Å². The summed E-state index contributed by atoms with van der Waals surface area (Å²) >= 11 is 0. The zero-order chi connectivity index (χ0) is 20.1. The van der Waals surface area contributed by atoms with Crippen LogP contribution in [0.1, 0.15) is 40.5 Å². The van der Waals surface area contributed by atoms with Crippen LogP contribution in [0, 0.1) is 6.92 Å². The molecule has 0 radical (unpaired) electrons. The van der Waals surface area contributed by atoms with Crippen LogP contribution in [0.15, 0.2) is 60.7 Å². The predicted molar refractivity (Wildman–Crippen MR) is 110 cm³/mol. The van der Waals surface area contributed by atoms with Crippen molar-refractivity contribution in [3.8, 4) is 11.3 Å². The van der Waals surface area contributed by atoms with Crippen LogP contribution in [-0.4, -0.2) is 21.7 Å². The number of carboxylic acid groups (broad SMARTS) is 1. The molecule has 3 rings (SSSR count). The van der Waals surface area contributed by atoms with E-state index < -0.39 is 5.97 Å². The van der Waals surface area contributed by atoms with Crippen molar-refractivity contribution in [1.29, 1.82) is 0 Å². The average Bonchev–Trinajstić information content (AvgIpc) is 3.08. The Bertz CT molecular complexity index is 987. The van der Waals surface area contributed by atoms with Gasteiger partial charge in [-0.25, -0.2) is 0 Å². The number of nitrogens with one attached hydrogen (secondary N) is 1. The van der Waals surface area contributed by atoms with Gasteiger partial charge in [0.1, 0.15) is 0 Å². The number of hydrogen-bond donors (Lipinski definition) is 2. The maximum atomic E-state index is 12.8. The first-order valence-corrected chi connectivity index (χ1v) is 9.37. The van der Waals surface area contributed by atoms with Gasteiger partial charge in [-0.3, -0.25) is 19.7 Å². The molecule has 0 aliphatic rings. The van der Waals surface area contributed by atoms with Crippen LogP contribution in [-0.2, 0) is 17.6 Å². The fourth-order valence-electron chi connectivity index (χ4n) is 3.13. The summed E-state index contributed by atoms with van der Waals surface area (Å²) in [6, 6.07) is 19.3. The molecule has 0 aliphatic heterocycles. The number of aryl methyl sites for hydroxylation is 3. The number of amides is 1. The second-order valence-electron chi connectivity index (χ2n) is 6.80. The Morgan fingerprint density at radius 1 is 1.04 bits per heavy atom. The van der Waals surface area contributed by atoms with Crippen LogP contribution in [0.5, 0.6) is 0 Å². The third-order valence-electron chi connectivity index (χ3n) is 4.71. The van der Waals surface area contributed by atoms with Gasteiger partial charge >= 0.3 is 5.97 Å². The second kappa shape index (κ2) is 8.57. The smallest absolute Gasteiger partial charge is 0.303 e. The molecule has 5 heteroatoms. The van der Waals surface area contributed by atoms with Crippen molar-refractivity contribution in [2.45, 2.75) is 33.1 Å². The maximum absolute atomic E-state index is 12.8. The lowest BCUT2D eigenvalue weighted by atomic mass is 10.1. The highest BCUT2D eigenvalue weighted by Crippen LogP contribution is 2.23. The number of rotatable bonds is 7. The Morgan fingerprint density at radius 3 is 2.43 bits per heavy atom. The van der Waals surface area contributed by atoms with Gasteiger partial charge < -0.3 is 5.11 Å². The summed E-state index contributed by atoms with van der Waals surface area (Å²) in [6.45, 7) is 4.04. The predicted octanol–water partition coefficient (Wildman–Crippen LogP) is 4.43. The number of carboxylic acids is 1. The van der Waals surface area contributed by atoms with E-state index in [1.54, 1.807) is 10.7 Å². The number of aromatic nitrogens is 1. The first-order valence-electron chi connectivity index (χ1n) is 9.37. The molecule has 2 N–H and O–H groups in total. The summed E-state index contributed by atoms with van der Waals surface area (Å²) in [4.78, 5) is 23.8. The van der Waals surface area contributed by atoms with Gasteiger partial charge in [-0.15, -0.1) is 0 Å². The summed E-state index contributed by atoms with van der Waals surface area (Å²) in [5.74, 6) is -1.10. The number of carbonyl (C=O) groups excluding carboxylic acids is 1. The topological polar surface area (TPSA) is 71.3 Å². The second-order valence-corrected chi connectivity index (χ2v) is 6.80. The molecule has 1 heterocycles. The van der Waals surface area contributed by atoms with E-state index in [4.69, 9.17) is 5.11 Å². The fourth-order valence-corrected chi connectivity index (χ4v) is 3.13. The molecule has 0 spiro atoms. The molecule has 0 bridgehead atoms. The molecule has 0 saturated carbocycles. The van der Waals surface area contributed by atoms with Gasteiger partial charge in [0.2, 0.25) is 0 Å². The molecule has 1 aromatic heterocycles. The summed E-state index contributed by atoms with van der Waals surface area (Å²) in [7, 11) is 0. The number of nitrogens with zero attached hydrogens (tertiary/aromatic N) is 1. The lowest BCUT2D eigenvalue weighted by Gasteiger charge is -2.15. The van der Waals surface area contributed by atoms with Crippen molar-refractivity contribution >= 4 is 11.9 Å². The fraction of sp³-hybridized carbons (Fsp3) is 0.217. The van der Waals surface area contributed by atoms with Crippen molar-refractivity contribution in [3.63, 3.8) is 0 Å². The molecule has 2 aromatic carbocycles. The zero-order valence-corrected chi connectivity index (χ0v) is 16.1. The van der Waals surface area contributed by atoms with E-state index in [0.717, 1.165) is 28.9 Å². The van der Waals surface area contributed by atoms with E-state index in [1.807, 2.05) is 49.4 Å². The number of benzene rings is 2. The van der Waals surface area contributed by atoms with Crippen molar-refractivity contribution < 1.29 is 14.7 Å². The summed E-state index contributed by atoms with van der Waals surface area (Å²) < 4.78 is 1.70. The average molecular weight is 376 g/mol. The lowest BCUT2D eigenvalue weighted by molar-refractivity contribution is -0.136. The molecule has 0 fully saturated rings. The minimum atomic E-state index is -0.869. The lowest BCUT2D eigenvalue weighted by Crippen LogP contribution is -2.25. The SMILES string of the molecule is CCc1ccc(-c2ccc(CCC(=O)O)n2NC(=O)c2cccc(C)c2)cc1. The highest BCUT2D eigenvalue weighted by atomic mass is 16.4. The van der Waals surface area contributed by atoms with Crippen LogP contribution < -0.4 is 5.43 Å². The third-order valence-corrected chi connectivity index (χ3v) is 4.71. The standard InChI is InChI=1S/C23H24N2O3/c1-3-17-7-9-18(10-8-17)21-13-11-20(12-14-22(26)27)25(21)24-23(28)19-6-4-5-16(2)15-19/h4-11,13,15H,3,12,14H2,1-2H3,(H,24,28)(H,26,27). The van der Waals surface area contributed by atoms with Gasteiger partial charge in [-0.05, 0) is 43.2 Å². The zero-order valence-electron chi connectivity index (χ0n) is 16.1. The Labute approximate surface area is 164 Å². The van der Waals surface area contributed by atoms with Crippen molar-refractivity contribution in [1.82, 2.24) is 4.68 Å². The van der Waals surface area contributed by atoms with Gasteiger partial charge in [0, 0.05) is 23.2 Å². The Morgan fingerprint density at radius 2 is 1.79 bits per heavy atom. The van der Waals surface area contributed by atoms with Crippen LogP contribution in [0.25, 0.3) is 11.3 Å². The number of aliphatic carboxylic acids is 1. The Kier molecular flexibility index (Phi) is 5.94. The summed E-state index contributed by atoms with van der Waals surface area (Å²) in [6.07, 6.45) is 1.28. The molecule has 0 atom stereocenters. The van der Waals surface area contributed by atoms with Crippen molar-refractivity contribution in [2.75, 3.05) is 5.43 Å². The minimum Gasteiger partial charge on any atom is -0.481 e. The van der Waals surface area contributed by atoms with Gasteiger partial charge in [-0.1, -0.05) is 48.9 Å². The monoisotopic (exact) mass is 376 g/mol. The first kappa shape index (κ1) is 19.4. The van der Waals surface area contributed by atoms with E-state index >= 15 is 0 Å². The molecule has 28 heavy (non-hydrogen) atoms. The maximum Gasteiger partial charge on any atom is 0.303 e. The molecule has 1 amide bonds. The van der Waals surface area contributed by atoms with Gasteiger partial charge in [0.15, 0.2) is 0 Å². The van der Waals surface area contributed by atoms with Gasteiger partial charge in [0.05, 0.1) is 12.1 Å². The molecule has 144 valence electrons. The summed E-state index contributed by atoms with van der Waals surface area (Å²) in [5.41, 5.74) is 8.27. The number of carbonyl (C=O) groups is 2. The minimum absolute atomic E-state index is 0.00145. The first-order chi connectivity index (χ1) is 13.5. The van der Waals surface area contributed by atoms with Gasteiger partial charge in [0.25, 0.3) is 5.91 Å². The quantitative estimate of drug-likeness (QED) is 0.641. The molecule has 0 unspecified atom stereocenters. The van der Waals surface area contributed by atoms with E-state index in [9.17, 15) is 9.59 Å². The number of hydrogen-bond acceptors (Lipinski definition) is 2. The Hall–Kier alpha value is -3.34. The molecule has 3 aromatic rings. The van der Waals surface area contributed by atoms with Crippen LogP contribution in [0.4, 0.5) is 0 Å².